The molecule has 0 fully saturated rings. The molecule has 5 heteroatoms. The van der Waals surface area contributed by atoms with Gasteiger partial charge in [0.05, 0.1) is 10.9 Å². The Morgan fingerprint density at radius 3 is 2.46 bits per heavy atom. The van der Waals surface area contributed by atoms with Crippen molar-refractivity contribution in [2.24, 2.45) is 0 Å². The second kappa shape index (κ2) is 7.53. The highest BCUT2D eigenvalue weighted by Crippen LogP contribution is 2.50. The Morgan fingerprint density at radius 1 is 1.07 bits per heavy atom. The fourth-order valence-electron chi connectivity index (χ4n) is 3.80. The molecule has 1 N–H and O–H groups in total. The number of fused-ring (bicyclic) bond motifs is 1. The van der Waals surface area contributed by atoms with Crippen LogP contribution >= 0.6 is 27.5 Å². The molecule has 0 bridgehead atoms. The number of rotatable bonds is 4. The first-order chi connectivity index (χ1) is 13.5. The fraction of sp³-hybridized carbons (Fsp3) is 0.0870. The minimum absolute atomic E-state index is 0.0794. The smallest absolute Gasteiger partial charge is 0.311 e. The van der Waals surface area contributed by atoms with E-state index in [4.69, 9.17) is 11.6 Å². The van der Waals surface area contributed by atoms with Crippen LogP contribution in [-0.2, 0) is 4.79 Å². The van der Waals surface area contributed by atoms with Gasteiger partial charge in [-0.15, -0.1) is 0 Å². The number of hydrogen-bond donors (Lipinski definition) is 1. The number of carboxylic acid groups (broad SMARTS) is 1. The third kappa shape index (κ3) is 3.38. The van der Waals surface area contributed by atoms with E-state index in [1.807, 2.05) is 54.6 Å². The van der Waals surface area contributed by atoms with Crippen molar-refractivity contribution in [1.82, 2.24) is 0 Å². The van der Waals surface area contributed by atoms with Crippen molar-refractivity contribution < 1.29 is 14.3 Å². The van der Waals surface area contributed by atoms with Gasteiger partial charge >= 0.3 is 5.97 Å². The minimum Gasteiger partial charge on any atom is -0.481 e. The average Bonchev–Trinajstić information content (AvgIpc) is 3.04. The van der Waals surface area contributed by atoms with E-state index in [1.54, 1.807) is 0 Å². The summed E-state index contributed by atoms with van der Waals surface area (Å²) in [5, 5.41) is 10.0. The SMILES string of the molecule is O=C(O)C(c1ccc(F)c(Cl)c1)C1C(c2ccc(Br)cc2)=Cc2ccccc21. The van der Waals surface area contributed by atoms with Crippen LogP contribution in [0.15, 0.2) is 71.2 Å². The first-order valence-corrected chi connectivity index (χ1v) is 9.87. The zero-order valence-corrected chi connectivity index (χ0v) is 16.9. The van der Waals surface area contributed by atoms with Crippen molar-refractivity contribution in [2.45, 2.75) is 11.8 Å². The van der Waals surface area contributed by atoms with Gasteiger partial charge in [0.25, 0.3) is 0 Å². The summed E-state index contributed by atoms with van der Waals surface area (Å²) in [6.07, 6.45) is 2.03. The number of carboxylic acids is 1. The molecule has 1 aliphatic rings. The quantitative estimate of drug-likeness (QED) is 0.470. The Kier molecular flexibility index (Phi) is 5.09. The van der Waals surface area contributed by atoms with Gasteiger partial charge in [0.2, 0.25) is 0 Å². The van der Waals surface area contributed by atoms with E-state index in [0.29, 0.717) is 5.56 Å². The molecule has 0 amide bonds. The first-order valence-electron chi connectivity index (χ1n) is 8.70. The van der Waals surface area contributed by atoms with Gasteiger partial charge in [-0.1, -0.05) is 76.1 Å². The molecule has 3 aromatic carbocycles. The summed E-state index contributed by atoms with van der Waals surface area (Å²) in [6.45, 7) is 0. The van der Waals surface area contributed by atoms with Crippen molar-refractivity contribution in [2.75, 3.05) is 0 Å². The molecule has 2 unspecified atom stereocenters. The van der Waals surface area contributed by atoms with Crippen molar-refractivity contribution in [3.63, 3.8) is 0 Å². The number of benzene rings is 3. The minimum atomic E-state index is -0.979. The van der Waals surface area contributed by atoms with Crippen molar-refractivity contribution in [3.8, 4) is 0 Å². The van der Waals surface area contributed by atoms with Gasteiger partial charge in [0.15, 0.2) is 0 Å². The van der Waals surface area contributed by atoms with Gasteiger partial charge in [0.1, 0.15) is 5.82 Å². The van der Waals surface area contributed by atoms with E-state index in [1.165, 1.54) is 18.2 Å². The van der Waals surface area contributed by atoms with Gasteiger partial charge in [-0.2, -0.15) is 0 Å². The molecular formula is C23H15BrClFO2. The van der Waals surface area contributed by atoms with Crippen LogP contribution in [0.2, 0.25) is 5.02 Å². The third-order valence-corrected chi connectivity index (χ3v) is 5.88. The molecule has 0 saturated carbocycles. The van der Waals surface area contributed by atoms with Crippen molar-refractivity contribution >= 4 is 45.1 Å². The van der Waals surface area contributed by atoms with Crippen LogP contribution in [0.3, 0.4) is 0 Å². The van der Waals surface area contributed by atoms with Crippen LogP contribution in [0, 0.1) is 5.82 Å². The van der Waals surface area contributed by atoms with Crippen LogP contribution in [0.4, 0.5) is 4.39 Å². The predicted octanol–water partition coefficient (Wildman–Crippen LogP) is 6.75. The molecule has 0 aromatic heterocycles. The molecule has 140 valence electrons. The maximum atomic E-state index is 13.7. The standard InChI is InChI=1S/C23H15BrClFO2/c24-16-8-5-13(6-9-16)18-11-14-3-1-2-4-17(14)22(18)21(23(27)28)15-7-10-20(26)19(25)12-15/h1-12,21-22H,(H,27,28). The number of carbonyl (C=O) groups is 1. The first kappa shape index (κ1) is 18.9. The van der Waals surface area contributed by atoms with E-state index in [2.05, 4.69) is 15.9 Å². The maximum Gasteiger partial charge on any atom is 0.311 e. The summed E-state index contributed by atoms with van der Waals surface area (Å²) in [5.74, 6) is -2.84. The number of aliphatic carboxylic acids is 1. The summed E-state index contributed by atoms with van der Waals surface area (Å²) in [6, 6.07) is 19.7. The molecule has 4 rings (SSSR count). The van der Waals surface area contributed by atoms with Crippen LogP contribution < -0.4 is 0 Å². The summed E-state index contributed by atoms with van der Waals surface area (Å²) in [4.78, 5) is 12.4. The normalized spacial score (nSPS) is 16.4. The lowest BCUT2D eigenvalue weighted by Crippen LogP contribution is -2.20. The Bertz CT molecular complexity index is 1090. The predicted molar refractivity (Wildman–Crippen MR) is 113 cm³/mol. The Hall–Kier alpha value is -2.43. The largest absolute Gasteiger partial charge is 0.481 e. The lowest BCUT2D eigenvalue weighted by Gasteiger charge is -2.25. The van der Waals surface area contributed by atoms with E-state index in [0.717, 1.165) is 26.7 Å². The van der Waals surface area contributed by atoms with Gasteiger partial charge < -0.3 is 5.11 Å². The molecule has 28 heavy (non-hydrogen) atoms. The molecule has 2 nitrogen and oxygen atoms in total. The van der Waals surface area contributed by atoms with Crippen LogP contribution in [0.1, 0.15) is 34.1 Å². The lowest BCUT2D eigenvalue weighted by atomic mass is 9.77. The molecule has 0 heterocycles. The Morgan fingerprint density at radius 2 is 1.79 bits per heavy atom. The highest BCUT2D eigenvalue weighted by Gasteiger charge is 2.38. The van der Waals surface area contributed by atoms with Crippen molar-refractivity contribution in [3.05, 3.63) is 104 Å². The highest BCUT2D eigenvalue weighted by molar-refractivity contribution is 9.10. The summed E-state index contributed by atoms with van der Waals surface area (Å²) < 4.78 is 14.6. The zero-order chi connectivity index (χ0) is 19.8. The maximum absolute atomic E-state index is 13.7. The van der Waals surface area contributed by atoms with E-state index >= 15 is 0 Å². The van der Waals surface area contributed by atoms with Gasteiger partial charge in [-0.3, -0.25) is 4.79 Å². The molecular weight excluding hydrogens is 443 g/mol. The van der Waals surface area contributed by atoms with Crippen LogP contribution in [-0.4, -0.2) is 11.1 Å². The molecule has 0 aliphatic heterocycles. The third-order valence-electron chi connectivity index (χ3n) is 5.06. The van der Waals surface area contributed by atoms with Crippen molar-refractivity contribution in [1.29, 1.82) is 0 Å². The molecule has 0 radical (unpaired) electrons. The molecule has 0 spiro atoms. The van der Waals surface area contributed by atoms with Gasteiger partial charge in [0, 0.05) is 10.4 Å². The molecule has 0 saturated heterocycles. The second-order valence-corrected chi connectivity index (χ2v) is 8.03. The number of hydrogen-bond acceptors (Lipinski definition) is 1. The van der Waals surface area contributed by atoms with Crippen LogP contribution in [0.5, 0.6) is 0 Å². The monoisotopic (exact) mass is 456 g/mol. The average molecular weight is 458 g/mol. The molecule has 1 aliphatic carbocycles. The topological polar surface area (TPSA) is 37.3 Å². The number of allylic oxidation sites excluding steroid dienone is 1. The Labute approximate surface area is 175 Å². The second-order valence-electron chi connectivity index (χ2n) is 6.70. The summed E-state index contributed by atoms with van der Waals surface area (Å²) >= 11 is 9.39. The Balaban J connectivity index is 1.89. The highest BCUT2D eigenvalue weighted by atomic mass is 79.9. The van der Waals surface area contributed by atoms with E-state index < -0.39 is 23.6 Å². The lowest BCUT2D eigenvalue weighted by molar-refractivity contribution is -0.139. The fourth-order valence-corrected chi connectivity index (χ4v) is 4.25. The van der Waals surface area contributed by atoms with E-state index in [-0.39, 0.29) is 5.02 Å². The molecule has 2 atom stereocenters. The summed E-state index contributed by atoms with van der Waals surface area (Å²) in [7, 11) is 0. The summed E-state index contributed by atoms with van der Waals surface area (Å²) in [5.41, 5.74) is 4.27. The van der Waals surface area contributed by atoms with Crippen LogP contribution in [0.25, 0.3) is 11.6 Å². The van der Waals surface area contributed by atoms with Gasteiger partial charge in [-0.05, 0) is 52.1 Å². The zero-order valence-electron chi connectivity index (χ0n) is 14.6. The van der Waals surface area contributed by atoms with Gasteiger partial charge in [-0.25, -0.2) is 4.39 Å². The number of halogens is 3. The molecule has 3 aromatic rings. The van der Waals surface area contributed by atoms with E-state index in [9.17, 15) is 14.3 Å².